The highest BCUT2D eigenvalue weighted by Crippen LogP contribution is 2.31. The molecule has 15 heavy (non-hydrogen) atoms. The Morgan fingerprint density at radius 3 is 3.00 bits per heavy atom. The van der Waals surface area contributed by atoms with Crippen molar-refractivity contribution in [2.75, 3.05) is 6.54 Å². The highest BCUT2D eigenvalue weighted by molar-refractivity contribution is 5.34. The van der Waals surface area contributed by atoms with Crippen LogP contribution in [0.4, 0.5) is 4.39 Å². The lowest BCUT2D eigenvalue weighted by Gasteiger charge is -2.15. The number of fused-ring (bicyclic) bond motifs is 1. The molecule has 0 saturated heterocycles. The number of hydrogen-bond donors (Lipinski definition) is 1. The van der Waals surface area contributed by atoms with Crippen molar-refractivity contribution in [1.82, 2.24) is 5.32 Å². The zero-order valence-electron chi connectivity index (χ0n) is 9.39. The van der Waals surface area contributed by atoms with Crippen LogP contribution in [0.3, 0.4) is 0 Å². The molecule has 0 aromatic heterocycles. The quantitative estimate of drug-likeness (QED) is 0.803. The van der Waals surface area contributed by atoms with Gasteiger partial charge in [-0.1, -0.05) is 19.9 Å². The molecule has 0 radical (unpaired) electrons. The van der Waals surface area contributed by atoms with Crippen LogP contribution >= 0.6 is 0 Å². The van der Waals surface area contributed by atoms with Crippen LogP contribution in [0.5, 0.6) is 0 Å². The second-order valence-electron chi connectivity index (χ2n) is 4.74. The fourth-order valence-corrected chi connectivity index (χ4v) is 2.16. The van der Waals surface area contributed by atoms with Crippen molar-refractivity contribution in [3.8, 4) is 0 Å². The van der Waals surface area contributed by atoms with Gasteiger partial charge in [0.25, 0.3) is 0 Å². The SMILES string of the molecule is CC(C)CNC1CCc2ccc(F)cc21. The monoisotopic (exact) mass is 207 g/mol. The standard InChI is InChI=1S/C13H18FN/c1-9(2)8-15-13-6-4-10-3-5-11(14)7-12(10)13/h3,5,7,9,13,15H,4,6,8H2,1-2H3. The largest absolute Gasteiger partial charge is 0.310 e. The average Bonchev–Trinajstić information content (AvgIpc) is 2.57. The van der Waals surface area contributed by atoms with Crippen molar-refractivity contribution in [3.05, 3.63) is 35.1 Å². The lowest BCUT2D eigenvalue weighted by atomic mass is 10.1. The van der Waals surface area contributed by atoms with Crippen molar-refractivity contribution >= 4 is 0 Å². The summed E-state index contributed by atoms with van der Waals surface area (Å²) in [5, 5.41) is 3.50. The Hall–Kier alpha value is -0.890. The van der Waals surface area contributed by atoms with Crippen LogP contribution in [0.1, 0.15) is 37.4 Å². The number of rotatable bonds is 3. The second kappa shape index (κ2) is 4.31. The van der Waals surface area contributed by atoms with Gasteiger partial charge in [-0.3, -0.25) is 0 Å². The fraction of sp³-hybridized carbons (Fsp3) is 0.538. The van der Waals surface area contributed by atoms with E-state index in [2.05, 4.69) is 19.2 Å². The van der Waals surface area contributed by atoms with E-state index in [1.807, 2.05) is 6.07 Å². The van der Waals surface area contributed by atoms with Gasteiger partial charge in [0.05, 0.1) is 0 Å². The van der Waals surface area contributed by atoms with Gasteiger partial charge in [-0.2, -0.15) is 0 Å². The maximum Gasteiger partial charge on any atom is 0.123 e. The van der Waals surface area contributed by atoms with Gasteiger partial charge in [-0.05, 0) is 48.6 Å². The van der Waals surface area contributed by atoms with Gasteiger partial charge in [-0.15, -0.1) is 0 Å². The summed E-state index contributed by atoms with van der Waals surface area (Å²) in [6.45, 7) is 5.38. The molecule has 1 atom stereocenters. The van der Waals surface area contributed by atoms with Gasteiger partial charge in [0.15, 0.2) is 0 Å². The Kier molecular flexibility index (Phi) is 3.06. The summed E-state index contributed by atoms with van der Waals surface area (Å²) in [5.41, 5.74) is 2.47. The Balaban J connectivity index is 2.10. The van der Waals surface area contributed by atoms with Crippen LogP contribution in [0.25, 0.3) is 0 Å². The molecule has 2 heteroatoms. The third-order valence-corrected chi connectivity index (χ3v) is 2.96. The van der Waals surface area contributed by atoms with E-state index in [4.69, 9.17) is 0 Å². The first kappa shape index (κ1) is 10.6. The zero-order valence-corrected chi connectivity index (χ0v) is 9.39. The second-order valence-corrected chi connectivity index (χ2v) is 4.74. The maximum atomic E-state index is 13.1. The molecule has 1 N–H and O–H groups in total. The first-order chi connectivity index (χ1) is 7.16. The van der Waals surface area contributed by atoms with E-state index in [0.717, 1.165) is 24.9 Å². The number of aryl methyl sites for hydroxylation is 1. The first-order valence-corrected chi connectivity index (χ1v) is 5.68. The van der Waals surface area contributed by atoms with Crippen molar-refractivity contribution < 1.29 is 4.39 Å². The predicted octanol–water partition coefficient (Wildman–Crippen LogP) is 3.06. The number of nitrogens with one attached hydrogen (secondary N) is 1. The average molecular weight is 207 g/mol. The Morgan fingerprint density at radius 1 is 1.47 bits per heavy atom. The summed E-state index contributed by atoms with van der Waals surface area (Å²) in [7, 11) is 0. The molecule has 2 rings (SSSR count). The molecular weight excluding hydrogens is 189 g/mol. The van der Waals surface area contributed by atoms with E-state index < -0.39 is 0 Å². The minimum Gasteiger partial charge on any atom is -0.310 e. The predicted molar refractivity (Wildman–Crippen MR) is 60.3 cm³/mol. The number of halogens is 1. The molecule has 0 bridgehead atoms. The summed E-state index contributed by atoms with van der Waals surface area (Å²) < 4.78 is 13.1. The van der Waals surface area contributed by atoms with Gasteiger partial charge in [0, 0.05) is 6.04 Å². The van der Waals surface area contributed by atoms with E-state index >= 15 is 0 Å². The molecule has 0 aliphatic heterocycles. The third-order valence-electron chi connectivity index (χ3n) is 2.96. The number of hydrogen-bond acceptors (Lipinski definition) is 1. The molecule has 1 aromatic carbocycles. The van der Waals surface area contributed by atoms with Gasteiger partial charge in [0.2, 0.25) is 0 Å². The topological polar surface area (TPSA) is 12.0 Å². The van der Waals surface area contributed by atoms with Crippen LogP contribution in [-0.2, 0) is 6.42 Å². The molecule has 82 valence electrons. The molecule has 0 amide bonds. The minimum absolute atomic E-state index is 0.119. The molecule has 1 nitrogen and oxygen atoms in total. The van der Waals surface area contributed by atoms with E-state index in [0.29, 0.717) is 12.0 Å². The van der Waals surface area contributed by atoms with Crippen molar-refractivity contribution in [2.45, 2.75) is 32.7 Å². The first-order valence-electron chi connectivity index (χ1n) is 5.68. The fourth-order valence-electron chi connectivity index (χ4n) is 2.16. The summed E-state index contributed by atoms with van der Waals surface area (Å²) in [5.74, 6) is 0.523. The number of benzene rings is 1. The molecule has 0 saturated carbocycles. The van der Waals surface area contributed by atoms with Crippen LogP contribution in [0.2, 0.25) is 0 Å². The molecule has 1 aromatic rings. The molecule has 1 unspecified atom stereocenters. The lowest BCUT2D eigenvalue weighted by Crippen LogP contribution is -2.23. The highest BCUT2D eigenvalue weighted by Gasteiger charge is 2.22. The van der Waals surface area contributed by atoms with Gasteiger partial charge in [0.1, 0.15) is 5.82 Å². The van der Waals surface area contributed by atoms with Gasteiger partial charge in [-0.25, -0.2) is 4.39 Å². The molecule has 0 heterocycles. The van der Waals surface area contributed by atoms with Crippen molar-refractivity contribution in [3.63, 3.8) is 0 Å². The Morgan fingerprint density at radius 2 is 2.27 bits per heavy atom. The summed E-state index contributed by atoms with van der Waals surface area (Å²) >= 11 is 0. The lowest BCUT2D eigenvalue weighted by molar-refractivity contribution is 0.471. The smallest absolute Gasteiger partial charge is 0.123 e. The van der Waals surface area contributed by atoms with Crippen LogP contribution in [0, 0.1) is 11.7 Å². The summed E-state index contributed by atoms with van der Waals surface area (Å²) in [6.07, 6.45) is 2.18. The summed E-state index contributed by atoms with van der Waals surface area (Å²) in [4.78, 5) is 0. The molecule has 0 fully saturated rings. The molecule has 1 aliphatic carbocycles. The van der Waals surface area contributed by atoms with E-state index in [1.54, 1.807) is 12.1 Å². The molecule has 0 spiro atoms. The van der Waals surface area contributed by atoms with Gasteiger partial charge >= 0.3 is 0 Å². The van der Waals surface area contributed by atoms with E-state index in [9.17, 15) is 4.39 Å². The minimum atomic E-state index is -0.119. The maximum absolute atomic E-state index is 13.1. The Bertz CT molecular complexity index is 346. The zero-order chi connectivity index (χ0) is 10.8. The van der Waals surface area contributed by atoms with E-state index in [-0.39, 0.29) is 5.82 Å². The van der Waals surface area contributed by atoms with Crippen molar-refractivity contribution in [1.29, 1.82) is 0 Å². The Labute approximate surface area is 90.7 Å². The normalized spacial score (nSPS) is 19.6. The van der Waals surface area contributed by atoms with Gasteiger partial charge < -0.3 is 5.32 Å². The van der Waals surface area contributed by atoms with E-state index in [1.165, 1.54) is 5.56 Å². The molecular formula is C13H18FN. The van der Waals surface area contributed by atoms with Crippen LogP contribution < -0.4 is 5.32 Å². The van der Waals surface area contributed by atoms with Crippen molar-refractivity contribution in [2.24, 2.45) is 5.92 Å². The van der Waals surface area contributed by atoms with Crippen LogP contribution in [-0.4, -0.2) is 6.54 Å². The third kappa shape index (κ3) is 2.37. The molecule has 1 aliphatic rings. The van der Waals surface area contributed by atoms with Crippen LogP contribution in [0.15, 0.2) is 18.2 Å². The highest BCUT2D eigenvalue weighted by atomic mass is 19.1. The summed E-state index contributed by atoms with van der Waals surface area (Å²) in [6, 6.07) is 5.52.